The van der Waals surface area contributed by atoms with Crippen LogP contribution in [0.5, 0.6) is 11.5 Å². The lowest BCUT2D eigenvalue weighted by atomic mass is 9.89. The molecule has 2 heterocycles. The Hall–Kier alpha value is -0.930. The van der Waals surface area contributed by atoms with Crippen LogP contribution in [-0.2, 0) is 6.42 Å². The van der Waals surface area contributed by atoms with E-state index in [2.05, 4.69) is 12.2 Å². The molecule has 0 spiro atoms. The summed E-state index contributed by atoms with van der Waals surface area (Å²) in [5.41, 5.74) is 2.40. The Bertz CT molecular complexity index is 484. The lowest BCUT2D eigenvalue weighted by molar-refractivity contribution is 0.296. The molecule has 2 aliphatic rings. The van der Waals surface area contributed by atoms with E-state index in [0.717, 1.165) is 60.5 Å². The highest BCUT2D eigenvalue weighted by Crippen LogP contribution is 2.40. The van der Waals surface area contributed by atoms with Crippen LogP contribution in [0.25, 0.3) is 0 Å². The van der Waals surface area contributed by atoms with Crippen LogP contribution in [0.1, 0.15) is 30.4 Å². The highest BCUT2D eigenvalue weighted by molar-refractivity contribution is 6.31. The molecule has 1 N–H and O–H groups in total. The SMILES string of the molecule is Cc1c(CC2CCNCC2)c(Cl)cc2c1OCCCO2. The summed E-state index contributed by atoms with van der Waals surface area (Å²) in [6, 6.07) is 1.94. The van der Waals surface area contributed by atoms with E-state index < -0.39 is 0 Å². The zero-order chi connectivity index (χ0) is 13.9. The van der Waals surface area contributed by atoms with Crippen molar-refractivity contribution in [1.29, 1.82) is 0 Å². The molecule has 1 saturated heterocycles. The highest BCUT2D eigenvalue weighted by atomic mass is 35.5. The van der Waals surface area contributed by atoms with Gasteiger partial charge in [-0.05, 0) is 56.3 Å². The van der Waals surface area contributed by atoms with E-state index in [4.69, 9.17) is 21.1 Å². The first-order chi connectivity index (χ1) is 9.75. The van der Waals surface area contributed by atoms with Crippen molar-refractivity contribution in [3.8, 4) is 11.5 Å². The van der Waals surface area contributed by atoms with Gasteiger partial charge in [0.25, 0.3) is 0 Å². The minimum absolute atomic E-state index is 0.705. The summed E-state index contributed by atoms with van der Waals surface area (Å²) in [4.78, 5) is 0. The van der Waals surface area contributed by atoms with Crippen molar-refractivity contribution in [2.24, 2.45) is 5.92 Å². The van der Waals surface area contributed by atoms with Crippen molar-refractivity contribution < 1.29 is 9.47 Å². The maximum atomic E-state index is 6.49. The molecular formula is C16H22ClNO2. The van der Waals surface area contributed by atoms with Crippen LogP contribution in [0.3, 0.4) is 0 Å². The second-order valence-electron chi connectivity index (χ2n) is 5.74. The monoisotopic (exact) mass is 295 g/mol. The first-order valence-corrected chi connectivity index (χ1v) is 7.92. The highest BCUT2D eigenvalue weighted by Gasteiger charge is 2.22. The largest absolute Gasteiger partial charge is 0.489 e. The summed E-state index contributed by atoms with van der Waals surface area (Å²) >= 11 is 6.49. The van der Waals surface area contributed by atoms with Crippen molar-refractivity contribution in [2.75, 3.05) is 26.3 Å². The second-order valence-corrected chi connectivity index (χ2v) is 6.14. The number of ether oxygens (including phenoxy) is 2. The van der Waals surface area contributed by atoms with Crippen LogP contribution in [-0.4, -0.2) is 26.3 Å². The third-order valence-electron chi connectivity index (χ3n) is 4.31. The van der Waals surface area contributed by atoms with Gasteiger partial charge in [-0.3, -0.25) is 0 Å². The quantitative estimate of drug-likeness (QED) is 0.907. The maximum absolute atomic E-state index is 6.49. The average Bonchev–Trinajstić information content (AvgIpc) is 2.70. The Kier molecular flexibility index (Phi) is 4.37. The van der Waals surface area contributed by atoms with Gasteiger partial charge in [0.05, 0.1) is 13.2 Å². The van der Waals surface area contributed by atoms with Gasteiger partial charge in [0, 0.05) is 17.5 Å². The summed E-state index contributed by atoms with van der Waals surface area (Å²) in [6.07, 6.45) is 4.42. The molecule has 0 atom stereocenters. The Morgan fingerprint density at radius 3 is 2.80 bits per heavy atom. The number of fused-ring (bicyclic) bond motifs is 1. The standard InChI is InChI=1S/C16H22ClNO2/c1-11-13(9-12-3-5-18-6-4-12)14(17)10-15-16(11)20-8-2-7-19-15/h10,12,18H,2-9H2,1H3. The molecule has 0 bridgehead atoms. The number of benzene rings is 1. The summed E-state index contributed by atoms with van der Waals surface area (Å²) in [5, 5.41) is 4.23. The van der Waals surface area contributed by atoms with E-state index in [0.29, 0.717) is 6.61 Å². The van der Waals surface area contributed by atoms with Gasteiger partial charge in [0.2, 0.25) is 0 Å². The molecule has 0 amide bonds. The lowest BCUT2D eigenvalue weighted by Gasteiger charge is -2.24. The van der Waals surface area contributed by atoms with Crippen molar-refractivity contribution in [3.05, 3.63) is 22.2 Å². The Labute approximate surface area is 125 Å². The molecular weight excluding hydrogens is 274 g/mol. The van der Waals surface area contributed by atoms with E-state index in [1.165, 1.54) is 18.4 Å². The smallest absolute Gasteiger partial charge is 0.164 e. The molecule has 110 valence electrons. The molecule has 0 saturated carbocycles. The van der Waals surface area contributed by atoms with Crippen molar-refractivity contribution >= 4 is 11.6 Å². The van der Waals surface area contributed by atoms with E-state index in [1.54, 1.807) is 0 Å². The van der Waals surface area contributed by atoms with Gasteiger partial charge in [0.15, 0.2) is 11.5 Å². The maximum Gasteiger partial charge on any atom is 0.164 e. The first kappa shape index (κ1) is 14.0. The Balaban J connectivity index is 1.88. The van der Waals surface area contributed by atoms with E-state index in [-0.39, 0.29) is 0 Å². The van der Waals surface area contributed by atoms with Crippen molar-refractivity contribution in [1.82, 2.24) is 5.32 Å². The third kappa shape index (κ3) is 2.89. The number of nitrogens with one attached hydrogen (secondary N) is 1. The van der Waals surface area contributed by atoms with Gasteiger partial charge in [-0.2, -0.15) is 0 Å². The van der Waals surface area contributed by atoms with Gasteiger partial charge < -0.3 is 14.8 Å². The number of halogens is 1. The fourth-order valence-electron chi connectivity index (χ4n) is 3.10. The van der Waals surface area contributed by atoms with Crippen LogP contribution >= 0.6 is 11.6 Å². The molecule has 0 aliphatic carbocycles. The topological polar surface area (TPSA) is 30.5 Å². The molecule has 0 radical (unpaired) electrons. The van der Waals surface area contributed by atoms with Gasteiger partial charge in [-0.1, -0.05) is 11.6 Å². The molecule has 0 aromatic heterocycles. The zero-order valence-corrected chi connectivity index (χ0v) is 12.8. The molecule has 3 rings (SSSR count). The third-order valence-corrected chi connectivity index (χ3v) is 4.64. The van der Waals surface area contributed by atoms with Crippen LogP contribution in [0, 0.1) is 12.8 Å². The normalized spacial score (nSPS) is 19.7. The summed E-state index contributed by atoms with van der Waals surface area (Å²) in [6.45, 7) is 5.77. The minimum Gasteiger partial charge on any atom is -0.489 e. The molecule has 20 heavy (non-hydrogen) atoms. The molecule has 0 unspecified atom stereocenters. The van der Waals surface area contributed by atoms with Crippen LogP contribution < -0.4 is 14.8 Å². The number of rotatable bonds is 2. The lowest BCUT2D eigenvalue weighted by Crippen LogP contribution is -2.28. The molecule has 3 nitrogen and oxygen atoms in total. The van der Waals surface area contributed by atoms with Gasteiger partial charge in [-0.15, -0.1) is 0 Å². The molecule has 2 aliphatic heterocycles. The fraction of sp³-hybridized carbons (Fsp3) is 0.625. The average molecular weight is 296 g/mol. The fourth-order valence-corrected chi connectivity index (χ4v) is 3.41. The zero-order valence-electron chi connectivity index (χ0n) is 12.0. The summed E-state index contributed by atoms with van der Waals surface area (Å²) < 4.78 is 11.6. The molecule has 1 aromatic carbocycles. The Morgan fingerprint density at radius 1 is 1.25 bits per heavy atom. The van der Waals surface area contributed by atoms with Crippen molar-refractivity contribution in [2.45, 2.75) is 32.6 Å². The molecule has 4 heteroatoms. The van der Waals surface area contributed by atoms with E-state index in [9.17, 15) is 0 Å². The summed E-state index contributed by atoms with van der Waals surface area (Å²) in [7, 11) is 0. The second kappa shape index (κ2) is 6.23. The predicted octanol–water partition coefficient (Wildman–Crippen LogP) is 3.35. The van der Waals surface area contributed by atoms with Gasteiger partial charge in [-0.25, -0.2) is 0 Å². The summed E-state index contributed by atoms with van der Waals surface area (Å²) in [5.74, 6) is 2.42. The predicted molar refractivity (Wildman–Crippen MR) is 81.1 cm³/mol. The van der Waals surface area contributed by atoms with Gasteiger partial charge >= 0.3 is 0 Å². The van der Waals surface area contributed by atoms with E-state index in [1.807, 2.05) is 6.07 Å². The van der Waals surface area contributed by atoms with Crippen molar-refractivity contribution in [3.63, 3.8) is 0 Å². The molecule has 1 aromatic rings. The first-order valence-electron chi connectivity index (χ1n) is 7.54. The van der Waals surface area contributed by atoms with Crippen LogP contribution in [0.2, 0.25) is 5.02 Å². The van der Waals surface area contributed by atoms with E-state index >= 15 is 0 Å². The number of hydrogen-bond acceptors (Lipinski definition) is 3. The number of piperidine rings is 1. The van der Waals surface area contributed by atoms with Gasteiger partial charge in [0.1, 0.15) is 0 Å². The van der Waals surface area contributed by atoms with Crippen LogP contribution in [0.15, 0.2) is 6.07 Å². The minimum atomic E-state index is 0.705. The Morgan fingerprint density at radius 2 is 2.00 bits per heavy atom. The van der Waals surface area contributed by atoms with Crippen LogP contribution in [0.4, 0.5) is 0 Å². The number of hydrogen-bond donors (Lipinski definition) is 1. The molecule has 1 fully saturated rings.